The summed E-state index contributed by atoms with van der Waals surface area (Å²) in [6.07, 6.45) is -2.15. The Morgan fingerprint density at radius 3 is 2.60 bits per heavy atom. The van der Waals surface area contributed by atoms with E-state index in [2.05, 4.69) is 0 Å². The Morgan fingerprint density at radius 1 is 1.45 bits per heavy atom. The van der Waals surface area contributed by atoms with Crippen molar-refractivity contribution >= 4 is 12.0 Å². The van der Waals surface area contributed by atoms with E-state index in [4.69, 9.17) is 9.84 Å². The number of rotatable bonds is 5. The largest absolute Gasteiger partial charge is 0.412 e. The molecule has 8 heteroatoms. The predicted octanol–water partition coefficient (Wildman–Crippen LogP) is 0.317. The molecule has 1 rings (SSSR count). The number of imide groups is 1. The van der Waals surface area contributed by atoms with Crippen LogP contribution in [0, 0.1) is 0 Å². The monoisotopic (exact) mass is 472 g/mol. The summed E-state index contributed by atoms with van der Waals surface area (Å²) in [6.45, 7) is -0.200. The van der Waals surface area contributed by atoms with Gasteiger partial charge in [0.25, 0.3) is 0 Å². The van der Waals surface area contributed by atoms with Gasteiger partial charge in [-0.1, -0.05) is 0 Å². The molecule has 0 saturated carbocycles. The second-order valence-corrected chi connectivity index (χ2v) is 6.12. The number of aliphatic hydroxyl groups is 1. The number of hydrogen-bond donors (Lipinski definition) is 2. The number of hydrogen-bond acceptors (Lipinski definition) is 4. The van der Waals surface area contributed by atoms with Crippen LogP contribution in [-0.4, -0.2) is 52.3 Å². The van der Waals surface area contributed by atoms with Gasteiger partial charge in [-0.05, 0) is 0 Å². The van der Waals surface area contributed by atoms with Crippen molar-refractivity contribution in [3.8, 4) is 5.75 Å². The zero-order chi connectivity index (χ0) is 14.4. The average Bonchev–Trinajstić information content (AvgIpc) is 2.43. The molecule has 20 heavy (non-hydrogen) atoms. The number of carbonyl (C=O) groups excluding carboxylic acids is 1. The molecule has 0 aliphatic carbocycles. The first kappa shape index (κ1) is 18.8. The number of amides is 2. The summed E-state index contributed by atoms with van der Waals surface area (Å²) < 4.78 is 5.55. The summed E-state index contributed by atoms with van der Waals surface area (Å²) in [7, 11) is 1.46. The van der Waals surface area contributed by atoms with Gasteiger partial charge in [0.2, 0.25) is 0 Å². The second kappa shape index (κ2) is 8.88. The molecule has 4 N–H and O–H groups in total. The van der Waals surface area contributed by atoms with Gasteiger partial charge >= 0.3 is 127 Å². The number of ether oxygens (including phenoxy) is 1. The molecule has 0 aliphatic heterocycles. The molecule has 0 radical (unpaired) electrons. The van der Waals surface area contributed by atoms with E-state index in [-0.39, 0.29) is 17.6 Å². The maximum atomic E-state index is 12.1. The van der Waals surface area contributed by atoms with E-state index in [1.807, 2.05) is 0 Å². The van der Waals surface area contributed by atoms with E-state index in [0.29, 0.717) is 40.7 Å². The number of nitrogens with zero attached hydrogens (tertiary/aromatic N) is 1. The maximum Gasteiger partial charge on any atom is -0.412 e. The Bertz CT molecular complexity index is 467. The third-order valence-corrected chi connectivity index (χ3v) is 5.11. The van der Waals surface area contributed by atoms with Crippen molar-refractivity contribution in [1.82, 2.24) is 4.90 Å². The van der Waals surface area contributed by atoms with Crippen LogP contribution < -0.4 is 4.74 Å². The first-order chi connectivity index (χ1) is 8.99. The minimum Gasteiger partial charge on any atom is -0.412 e. The van der Waals surface area contributed by atoms with Crippen molar-refractivity contribution in [2.24, 2.45) is 0 Å². The molecule has 0 saturated heterocycles. The first-order valence-corrected chi connectivity index (χ1v) is 9.54. The first-order valence-electron chi connectivity index (χ1n) is 5.65. The minimum atomic E-state index is -1.37. The fraction of sp³-hybridized carbons (Fsp3) is 0.333. The van der Waals surface area contributed by atoms with Crippen LogP contribution in [0.3, 0.4) is 0 Å². The molecule has 7 nitrogen and oxygen atoms in total. The van der Waals surface area contributed by atoms with Crippen molar-refractivity contribution in [2.75, 3.05) is 13.7 Å². The van der Waals surface area contributed by atoms with Crippen LogP contribution >= 0.6 is 0 Å². The second-order valence-electron chi connectivity index (χ2n) is 3.87. The summed E-state index contributed by atoms with van der Waals surface area (Å²) in [6, 6.07) is 6.25. The average molecular weight is 471 g/mol. The Kier molecular flexibility index (Phi) is 8.36. The van der Waals surface area contributed by atoms with Crippen molar-refractivity contribution in [1.29, 1.82) is 0 Å². The summed E-state index contributed by atoms with van der Waals surface area (Å²) >= 11 is 0.350. The molecule has 1 aromatic rings. The van der Waals surface area contributed by atoms with E-state index in [1.165, 1.54) is 19.2 Å². The van der Waals surface area contributed by atoms with Gasteiger partial charge in [0.1, 0.15) is 0 Å². The molecule has 1 unspecified atom stereocenters. The molecule has 0 aromatic heterocycles. The maximum absolute atomic E-state index is 12.1. The molecule has 0 bridgehead atoms. The molecule has 1 aromatic carbocycles. The van der Waals surface area contributed by atoms with Crippen molar-refractivity contribution < 1.29 is 56.1 Å². The predicted molar refractivity (Wildman–Crippen MR) is 66.5 cm³/mol. The molecule has 0 spiro atoms. The van der Waals surface area contributed by atoms with E-state index in [9.17, 15) is 14.7 Å². The minimum absolute atomic E-state index is 0. The normalized spacial score (nSPS) is 11.2. The van der Waals surface area contributed by atoms with Crippen LogP contribution in [0.4, 0.5) is 4.79 Å². The van der Waals surface area contributed by atoms with Gasteiger partial charge < -0.3 is 5.48 Å². The Hall–Kier alpha value is -1.18. The van der Waals surface area contributed by atoms with Gasteiger partial charge in [-0.15, -0.1) is 0 Å². The molecule has 0 heterocycles. The van der Waals surface area contributed by atoms with Crippen LogP contribution in [0.15, 0.2) is 24.3 Å². The molecule has 1 atom stereocenters. The van der Waals surface area contributed by atoms with E-state index in [1.54, 1.807) is 12.1 Å². The number of carbonyl (C=O) groups is 2. The standard InChI is InChI=1S/C12H14NO5.Hg.H2O/c1-8(14)7-13(12(16)17)11(15)9-4-3-5-10(6-9)18-2;;/h3-6,8,14H,1,7H2,2H3,(H,16,17);;1H2. The smallest absolute Gasteiger partial charge is 0.412 e. The van der Waals surface area contributed by atoms with Gasteiger partial charge in [-0.3, -0.25) is 0 Å². The van der Waals surface area contributed by atoms with Crippen molar-refractivity contribution in [3.63, 3.8) is 0 Å². The van der Waals surface area contributed by atoms with E-state index in [0.717, 1.165) is 0 Å². The number of benzene rings is 1. The van der Waals surface area contributed by atoms with E-state index >= 15 is 0 Å². The van der Waals surface area contributed by atoms with Crippen LogP contribution in [0.25, 0.3) is 0 Å². The molecule has 2 amide bonds. The quantitative estimate of drug-likeness (QED) is 0.601. The number of carboxylic acid groups (broad SMARTS) is 1. The Balaban J connectivity index is 0.00000361. The zero-order valence-electron chi connectivity index (χ0n) is 11.1. The third-order valence-electron chi connectivity index (χ3n) is 2.52. The van der Waals surface area contributed by atoms with Gasteiger partial charge in [0, 0.05) is 0 Å². The van der Waals surface area contributed by atoms with Crippen LogP contribution in [0.5, 0.6) is 5.75 Å². The van der Waals surface area contributed by atoms with Crippen molar-refractivity contribution in [2.45, 2.75) is 10.0 Å². The van der Waals surface area contributed by atoms with E-state index < -0.39 is 18.1 Å². The van der Waals surface area contributed by atoms with Crippen LogP contribution in [0.1, 0.15) is 10.4 Å². The molecular weight excluding hydrogens is 455 g/mol. The molecule has 107 valence electrons. The zero-order valence-corrected chi connectivity index (χ0v) is 16.6. The third kappa shape index (κ3) is 5.07. The molecule has 0 fully saturated rings. The Labute approximate surface area is 132 Å². The van der Waals surface area contributed by atoms with Gasteiger partial charge in [0.15, 0.2) is 0 Å². The molecule has 0 aliphatic rings. The van der Waals surface area contributed by atoms with Gasteiger partial charge in [-0.25, -0.2) is 0 Å². The SMILES string of the molecule is COc1cccc(C(=O)N(CC(O)[CH2][Hg])C(=O)O)c1.O. The summed E-state index contributed by atoms with van der Waals surface area (Å²) in [5.41, 5.74) is 0.215. The van der Waals surface area contributed by atoms with Gasteiger partial charge in [0.05, 0.1) is 0 Å². The van der Waals surface area contributed by atoms with Crippen LogP contribution in [0.2, 0.25) is 3.93 Å². The fourth-order valence-electron chi connectivity index (χ4n) is 1.46. The summed E-state index contributed by atoms with van der Waals surface area (Å²) in [5, 5.41) is 18.6. The van der Waals surface area contributed by atoms with Crippen molar-refractivity contribution in [3.05, 3.63) is 29.8 Å². The topological polar surface area (TPSA) is 119 Å². The van der Waals surface area contributed by atoms with Gasteiger partial charge in [-0.2, -0.15) is 0 Å². The number of aliphatic hydroxyl groups excluding tert-OH is 1. The van der Waals surface area contributed by atoms with Crippen LogP contribution in [-0.2, 0) is 26.1 Å². The fourth-order valence-corrected chi connectivity index (χ4v) is 2.17. The Morgan fingerprint density at radius 2 is 2.10 bits per heavy atom. The number of methoxy groups -OCH3 is 1. The summed E-state index contributed by atoms with van der Waals surface area (Å²) in [4.78, 5) is 23.8. The molecular formula is C12H16HgNO6. The summed E-state index contributed by atoms with van der Waals surface area (Å²) in [5.74, 6) is -0.185.